The largest absolute Gasteiger partial charge is 0.511 e. The fourth-order valence-electron chi connectivity index (χ4n) is 3.78. The van der Waals surface area contributed by atoms with Crippen molar-refractivity contribution in [3.8, 4) is 0 Å². The standard InChI is InChI=1S/C24H25ClN6O9S2/c1-10(2)37-24(35)39-11(3)38-22(34)18-12(5-6-13-7-15(25)29-40-13)8-41-21-17(20(33)31(18)21)28-19(32)16(30-36-4)14-9-42-23(26)27-14/h5-7,9-11,17,21H,8H2,1-4H3,(H2,26,27)(H,28,32)/b6-5-,30-16-/t11?,17-,21-/m1/s1. The highest BCUT2D eigenvalue weighted by Crippen LogP contribution is 2.41. The normalized spacial score (nSPS) is 19.3. The van der Waals surface area contributed by atoms with E-state index in [9.17, 15) is 19.2 Å². The number of ether oxygens (including phenoxy) is 3. The second kappa shape index (κ2) is 13.3. The number of oxime groups is 1. The number of amides is 2. The van der Waals surface area contributed by atoms with Crippen molar-refractivity contribution in [1.82, 2.24) is 20.4 Å². The first-order valence-electron chi connectivity index (χ1n) is 12.2. The SMILES string of the molecule is CO/N=C(\C(=O)N[C@@H]1C(=O)N2C(C(=O)OC(C)OC(=O)OC(C)C)=C(/C=C\c3cc(Cl)no3)CS[C@H]12)c1csc(N)n1. The molecule has 2 aliphatic rings. The number of β-lactam (4-membered cyclic amide) rings is 1. The van der Waals surface area contributed by atoms with Gasteiger partial charge in [0.15, 0.2) is 21.8 Å². The van der Waals surface area contributed by atoms with Crippen LogP contribution in [-0.4, -0.2) is 81.4 Å². The molecule has 1 fully saturated rings. The third-order valence-electron chi connectivity index (χ3n) is 5.46. The zero-order valence-corrected chi connectivity index (χ0v) is 24.9. The maximum Gasteiger partial charge on any atom is 0.511 e. The van der Waals surface area contributed by atoms with Crippen LogP contribution in [0.4, 0.5) is 9.93 Å². The lowest BCUT2D eigenvalue weighted by Crippen LogP contribution is -2.71. The molecule has 2 aliphatic heterocycles. The van der Waals surface area contributed by atoms with Crippen molar-refractivity contribution in [2.24, 2.45) is 5.16 Å². The Hall–Kier alpha value is -4.09. The average Bonchev–Trinajstić information content (AvgIpc) is 3.54. The first kappa shape index (κ1) is 30.9. The fourth-order valence-corrected chi connectivity index (χ4v) is 5.78. The number of anilines is 1. The summed E-state index contributed by atoms with van der Waals surface area (Å²) in [5.41, 5.74) is 5.95. The van der Waals surface area contributed by atoms with Gasteiger partial charge in [-0.25, -0.2) is 14.6 Å². The quantitative estimate of drug-likeness (QED) is 0.126. The van der Waals surface area contributed by atoms with Gasteiger partial charge in [0.1, 0.15) is 29.9 Å². The van der Waals surface area contributed by atoms with Gasteiger partial charge in [-0.15, -0.1) is 23.1 Å². The number of fused-ring (bicyclic) bond motifs is 1. The maximum absolute atomic E-state index is 13.4. The number of hydrogen-bond acceptors (Lipinski definition) is 15. The molecule has 2 aromatic heterocycles. The molecule has 1 saturated heterocycles. The number of hydrogen-bond donors (Lipinski definition) is 2. The van der Waals surface area contributed by atoms with Gasteiger partial charge in [0, 0.05) is 24.1 Å². The number of allylic oxidation sites excluding steroid dienone is 1. The van der Waals surface area contributed by atoms with Crippen LogP contribution in [0.25, 0.3) is 6.08 Å². The first-order chi connectivity index (χ1) is 20.0. The summed E-state index contributed by atoms with van der Waals surface area (Å²) in [7, 11) is 1.26. The minimum atomic E-state index is -1.34. The summed E-state index contributed by atoms with van der Waals surface area (Å²) in [4.78, 5) is 61.6. The Kier molecular flexibility index (Phi) is 9.74. The molecule has 0 bridgehead atoms. The molecule has 18 heteroatoms. The molecule has 2 amide bonds. The van der Waals surface area contributed by atoms with E-state index in [1.54, 1.807) is 19.9 Å². The summed E-state index contributed by atoms with van der Waals surface area (Å²) < 4.78 is 20.3. The van der Waals surface area contributed by atoms with Gasteiger partial charge in [-0.3, -0.25) is 14.5 Å². The van der Waals surface area contributed by atoms with Crippen molar-refractivity contribution in [1.29, 1.82) is 0 Å². The van der Waals surface area contributed by atoms with Crippen LogP contribution in [0.3, 0.4) is 0 Å². The molecule has 4 rings (SSSR count). The molecule has 4 heterocycles. The Labute approximate surface area is 252 Å². The number of thiazole rings is 1. The molecule has 1 unspecified atom stereocenters. The summed E-state index contributed by atoms with van der Waals surface area (Å²) >= 11 is 8.20. The van der Waals surface area contributed by atoms with Crippen LogP contribution in [-0.2, 0) is 33.4 Å². The van der Waals surface area contributed by atoms with Gasteiger partial charge >= 0.3 is 12.1 Å². The number of aromatic nitrogens is 2. The number of nitrogens with zero attached hydrogens (tertiary/aromatic N) is 4. The van der Waals surface area contributed by atoms with Crippen molar-refractivity contribution >= 4 is 75.6 Å². The van der Waals surface area contributed by atoms with Crippen LogP contribution >= 0.6 is 34.7 Å². The van der Waals surface area contributed by atoms with Crippen molar-refractivity contribution in [2.45, 2.75) is 44.6 Å². The molecule has 3 atom stereocenters. The van der Waals surface area contributed by atoms with Crippen molar-refractivity contribution in [2.75, 3.05) is 18.6 Å². The molecule has 42 heavy (non-hydrogen) atoms. The summed E-state index contributed by atoms with van der Waals surface area (Å²) in [6.07, 6.45) is 0.238. The number of carbonyl (C=O) groups is 4. The fraction of sp³-hybridized carbons (Fsp3) is 0.375. The van der Waals surface area contributed by atoms with Gasteiger partial charge in [0.25, 0.3) is 11.8 Å². The van der Waals surface area contributed by atoms with Crippen LogP contribution in [0.1, 0.15) is 32.2 Å². The molecule has 0 aromatic carbocycles. The van der Waals surface area contributed by atoms with Gasteiger partial charge in [-0.2, -0.15) is 0 Å². The lowest BCUT2D eigenvalue weighted by molar-refractivity contribution is -0.169. The Bertz CT molecular complexity index is 1470. The minimum absolute atomic E-state index is 0.109. The van der Waals surface area contributed by atoms with E-state index >= 15 is 0 Å². The van der Waals surface area contributed by atoms with E-state index < -0.39 is 47.7 Å². The Morgan fingerprint density at radius 2 is 2.02 bits per heavy atom. The van der Waals surface area contributed by atoms with Crippen LogP contribution < -0.4 is 11.1 Å². The Morgan fingerprint density at radius 3 is 2.64 bits per heavy atom. The van der Waals surface area contributed by atoms with E-state index in [1.807, 2.05) is 0 Å². The number of nitrogens with one attached hydrogen (secondary N) is 1. The molecule has 0 saturated carbocycles. The van der Waals surface area contributed by atoms with Gasteiger partial charge in [0.2, 0.25) is 6.29 Å². The molecule has 15 nitrogen and oxygen atoms in total. The number of halogens is 1. The monoisotopic (exact) mass is 640 g/mol. The lowest BCUT2D eigenvalue weighted by atomic mass is 10.0. The lowest BCUT2D eigenvalue weighted by Gasteiger charge is -2.49. The van der Waals surface area contributed by atoms with E-state index in [-0.39, 0.29) is 33.1 Å². The molecular weight excluding hydrogens is 616 g/mol. The summed E-state index contributed by atoms with van der Waals surface area (Å²) in [6, 6.07) is 0.442. The highest BCUT2D eigenvalue weighted by molar-refractivity contribution is 8.00. The minimum Gasteiger partial charge on any atom is -0.431 e. The molecule has 224 valence electrons. The predicted octanol–water partition coefficient (Wildman–Crippen LogP) is 2.54. The van der Waals surface area contributed by atoms with Crippen LogP contribution in [0, 0.1) is 0 Å². The number of nitrogen functional groups attached to an aromatic ring is 1. The van der Waals surface area contributed by atoms with Gasteiger partial charge < -0.3 is 34.6 Å². The Balaban J connectivity index is 1.56. The zero-order valence-electron chi connectivity index (χ0n) is 22.6. The van der Waals surface area contributed by atoms with Crippen LogP contribution in [0.15, 0.2) is 38.5 Å². The van der Waals surface area contributed by atoms with E-state index in [2.05, 4.69) is 20.6 Å². The summed E-state index contributed by atoms with van der Waals surface area (Å²) in [6.45, 7) is 4.58. The molecule has 0 radical (unpaired) electrons. The molecule has 3 N–H and O–H groups in total. The van der Waals surface area contributed by atoms with Gasteiger partial charge in [-0.05, 0) is 25.5 Å². The number of esters is 1. The summed E-state index contributed by atoms with van der Waals surface area (Å²) in [5, 5.41) is 11.1. The van der Waals surface area contributed by atoms with E-state index in [0.717, 1.165) is 11.3 Å². The first-order valence-corrected chi connectivity index (χ1v) is 14.5. The third-order valence-corrected chi connectivity index (χ3v) is 7.61. The number of carbonyl (C=O) groups excluding carboxylic acids is 4. The molecule has 0 aliphatic carbocycles. The second-order valence-electron chi connectivity index (χ2n) is 8.82. The smallest absolute Gasteiger partial charge is 0.431 e. The van der Waals surface area contributed by atoms with Gasteiger partial charge in [0.05, 0.1) is 6.10 Å². The third kappa shape index (κ3) is 7.03. The number of rotatable bonds is 10. The molecular formula is C24H25ClN6O9S2. The highest BCUT2D eigenvalue weighted by atomic mass is 35.5. The topological polar surface area (TPSA) is 198 Å². The predicted molar refractivity (Wildman–Crippen MR) is 151 cm³/mol. The molecule has 2 aromatic rings. The van der Waals surface area contributed by atoms with E-state index in [0.29, 0.717) is 11.3 Å². The average molecular weight is 641 g/mol. The van der Waals surface area contributed by atoms with Crippen molar-refractivity contribution in [3.63, 3.8) is 0 Å². The van der Waals surface area contributed by atoms with Crippen LogP contribution in [0.2, 0.25) is 5.15 Å². The van der Waals surface area contributed by atoms with Crippen molar-refractivity contribution < 1.29 is 42.7 Å². The summed E-state index contributed by atoms with van der Waals surface area (Å²) in [5.74, 6) is -1.74. The number of thioether (sulfide) groups is 1. The van der Waals surface area contributed by atoms with E-state index in [4.69, 9.17) is 40.9 Å². The van der Waals surface area contributed by atoms with Crippen molar-refractivity contribution in [3.05, 3.63) is 45.4 Å². The Morgan fingerprint density at radius 1 is 1.26 bits per heavy atom. The highest BCUT2D eigenvalue weighted by Gasteiger charge is 2.54. The number of nitrogens with two attached hydrogens (primary N) is 1. The maximum atomic E-state index is 13.4. The van der Waals surface area contributed by atoms with Gasteiger partial charge in [-0.1, -0.05) is 28.0 Å². The zero-order chi connectivity index (χ0) is 30.6. The molecule has 0 spiro atoms. The van der Waals surface area contributed by atoms with Crippen LogP contribution in [0.5, 0.6) is 0 Å². The second-order valence-corrected chi connectivity index (χ2v) is 11.2. The van der Waals surface area contributed by atoms with E-state index in [1.165, 1.54) is 48.2 Å².